The van der Waals surface area contributed by atoms with Crippen molar-refractivity contribution >= 4 is 6.29 Å². The second-order valence-electron chi connectivity index (χ2n) is 4.84. The van der Waals surface area contributed by atoms with Gasteiger partial charge >= 0.3 is 0 Å². The molecule has 1 aromatic carbocycles. The molecule has 0 saturated carbocycles. The Morgan fingerprint density at radius 3 is 2.48 bits per heavy atom. The molecule has 0 spiro atoms. The van der Waals surface area contributed by atoms with E-state index in [2.05, 4.69) is 17.1 Å². The lowest BCUT2D eigenvalue weighted by molar-refractivity contribution is 0.110. The van der Waals surface area contributed by atoms with Gasteiger partial charge < -0.3 is 4.42 Å². The first-order chi connectivity index (χ1) is 10.3. The molecule has 0 aliphatic rings. The van der Waals surface area contributed by atoms with Crippen molar-refractivity contribution in [1.29, 1.82) is 0 Å². The lowest BCUT2D eigenvalue weighted by atomic mass is 10.0. The van der Waals surface area contributed by atoms with E-state index in [1.807, 2.05) is 42.6 Å². The van der Waals surface area contributed by atoms with Gasteiger partial charge in [0.05, 0.1) is 0 Å². The Morgan fingerprint density at radius 1 is 0.952 bits per heavy atom. The van der Waals surface area contributed by atoms with Crippen LogP contribution in [-0.4, -0.2) is 11.3 Å². The predicted molar refractivity (Wildman–Crippen MR) is 81.2 cm³/mol. The van der Waals surface area contributed by atoms with Crippen molar-refractivity contribution in [2.75, 3.05) is 0 Å². The van der Waals surface area contributed by atoms with Crippen LogP contribution in [0.1, 0.15) is 21.8 Å². The van der Waals surface area contributed by atoms with E-state index in [4.69, 9.17) is 4.42 Å². The van der Waals surface area contributed by atoms with Crippen molar-refractivity contribution in [2.24, 2.45) is 0 Å². The van der Waals surface area contributed by atoms with Gasteiger partial charge in [0.25, 0.3) is 0 Å². The molecule has 0 atom stereocenters. The summed E-state index contributed by atoms with van der Waals surface area (Å²) >= 11 is 0. The van der Waals surface area contributed by atoms with Gasteiger partial charge in [0.1, 0.15) is 5.76 Å². The number of benzene rings is 1. The van der Waals surface area contributed by atoms with E-state index in [0.717, 1.165) is 24.1 Å². The summed E-state index contributed by atoms with van der Waals surface area (Å²) in [4.78, 5) is 14.9. The lowest BCUT2D eigenvalue weighted by Crippen LogP contribution is -1.93. The lowest BCUT2D eigenvalue weighted by Gasteiger charge is -2.03. The molecule has 0 aliphatic carbocycles. The maximum absolute atomic E-state index is 10.6. The molecule has 0 unspecified atom stereocenters. The Balaban J connectivity index is 1.68. The number of pyridine rings is 1. The number of aromatic nitrogens is 1. The van der Waals surface area contributed by atoms with E-state index in [0.29, 0.717) is 17.8 Å². The van der Waals surface area contributed by atoms with Gasteiger partial charge in [0.15, 0.2) is 12.0 Å². The normalized spacial score (nSPS) is 10.5. The number of hydrogen-bond donors (Lipinski definition) is 0. The molecule has 104 valence electrons. The molecule has 2 heterocycles. The maximum Gasteiger partial charge on any atom is 0.185 e. The third-order valence-corrected chi connectivity index (χ3v) is 3.38. The summed E-state index contributed by atoms with van der Waals surface area (Å²) in [6.07, 6.45) is 4.41. The highest BCUT2D eigenvalue weighted by molar-refractivity contribution is 5.72. The van der Waals surface area contributed by atoms with E-state index in [-0.39, 0.29) is 0 Å². The second kappa shape index (κ2) is 6.18. The average Bonchev–Trinajstić information content (AvgIpc) is 3.03. The number of aldehydes is 1. The number of rotatable bonds is 5. The van der Waals surface area contributed by atoms with E-state index in [1.165, 1.54) is 5.56 Å². The number of carbonyl (C=O) groups is 1. The van der Waals surface area contributed by atoms with Gasteiger partial charge in [-0.25, -0.2) is 0 Å². The van der Waals surface area contributed by atoms with E-state index >= 15 is 0 Å². The number of hydrogen-bond acceptors (Lipinski definition) is 3. The fourth-order valence-corrected chi connectivity index (χ4v) is 2.23. The molecule has 3 aromatic rings. The van der Waals surface area contributed by atoms with Crippen LogP contribution in [-0.2, 0) is 12.8 Å². The van der Waals surface area contributed by atoms with Gasteiger partial charge in [0.2, 0.25) is 0 Å². The Hall–Kier alpha value is -2.68. The Kier molecular flexibility index (Phi) is 3.92. The zero-order chi connectivity index (χ0) is 14.5. The number of nitrogens with zero attached hydrogens (tertiary/aromatic N) is 1. The first-order valence-electron chi connectivity index (χ1n) is 6.89. The third kappa shape index (κ3) is 3.26. The summed E-state index contributed by atoms with van der Waals surface area (Å²) in [6, 6.07) is 17.7. The highest BCUT2D eigenvalue weighted by Gasteiger charge is 2.04. The van der Waals surface area contributed by atoms with Crippen LogP contribution in [0.5, 0.6) is 0 Å². The van der Waals surface area contributed by atoms with Crippen molar-refractivity contribution in [3.05, 3.63) is 77.8 Å². The minimum Gasteiger partial charge on any atom is -0.453 e. The van der Waals surface area contributed by atoms with Gasteiger partial charge in [-0.1, -0.05) is 30.3 Å². The molecule has 0 amide bonds. The molecule has 21 heavy (non-hydrogen) atoms. The van der Waals surface area contributed by atoms with Crippen LogP contribution in [0.25, 0.3) is 11.3 Å². The average molecular weight is 277 g/mol. The summed E-state index contributed by atoms with van der Waals surface area (Å²) in [5.74, 6) is 1.07. The van der Waals surface area contributed by atoms with Gasteiger partial charge in [-0.3, -0.25) is 9.78 Å². The molecule has 3 nitrogen and oxygen atoms in total. The SMILES string of the molecule is O=Cc1ccc(-c2ccc(CCc3ccccn3)cc2)o1. The van der Waals surface area contributed by atoms with Crippen molar-refractivity contribution in [2.45, 2.75) is 12.8 Å². The molecule has 0 aliphatic heterocycles. The van der Waals surface area contributed by atoms with Gasteiger partial charge in [-0.2, -0.15) is 0 Å². The fraction of sp³-hybridized carbons (Fsp3) is 0.111. The smallest absolute Gasteiger partial charge is 0.185 e. The van der Waals surface area contributed by atoms with Gasteiger partial charge in [-0.05, 0) is 42.7 Å². The highest BCUT2D eigenvalue weighted by Crippen LogP contribution is 2.22. The number of aryl methyl sites for hydroxylation is 2. The minimum atomic E-state index is 0.351. The van der Waals surface area contributed by atoms with Crippen LogP contribution in [0.15, 0.2) is 65.2 Å². The van der Waals surface area contributed by atoms with Crippen molar-refractivity contribution < 1.29 is 9.21 Å². The number of furan rings is 1. The molecule has 0 saturated heterocycles. The molecular formula is C18H15NO2. The molecule has 0 radical (unpaired) electrons. The third-order valence-electron chi connectivity index (χ3n) is 3.38. The van der Waals surface area contributed by atoms with Gasteiger partial charge in [-0.15, -0.1) is 0 Å². The molecule has 0 fully saturated rings. The topological polar surface area (TPSA) is 43.1 Å². The Morgan fingerprint density at radius 2 is 1.81 bits per heavy atom. The van der Waals surface area contributed by atoms with Crippen molar-refractivity contribution in [1.82, 2.24) is 4.98 Å². The fourth-order valence-electron chi connectivity index (χ4n) is 2.23. The van der Waals surface area contributed by atoms with Crippen LogP contribution in [0.3, 0.4) is 0 Å². The van der Waals surface area contributed by atoms with Gasteiger partial charge in [0, 0.05) is 17.5 Å². The Labute approximate surface area is 123 Å². The monoisotopic (exact) mass is 277 g/mol. The van der Waals surface area contributed by atoms with Crippen molar-refractivity contribution in [3.63, 3.8) is 0 Å². The molecule has 2 aromatic heterocycles. The second-order valence-corrected chi connectivity index (χ2v) is 4.84. The summed E-state index contributed by atoms with van der Waals surface area (Å²) in [7, 11) is 0. The molecular weight excluding hydrogens is 262 g/mol. The molecule has 3 rings (SSSR count). The van der Waals surface area contributed by atoms with E-state index in [1.54, 1.807) is 6.07 Å². The summed E-state index contributed by atoms with van der Waals surface area (Å²) in [6.45, 7) is 0. The summed E-state index contributed by atoms with van der Waals surface area (Å²) < 4.78 is 5.41. The Bertz CT molecular complexity index is 714. The largest absolute Gasteiger partial charge is 0.453 e. The first-order valence-corrected chi connectivity index (χ1v) is 6.89. The summed E-state index contributed by atoms with van der Waals surface area (Å²) in [5, 5.41) is 0. The van der Waals surface area contributed by atoms with E-state index < -0.39 is 0 Å². The molecule has 3 heteroatoms. The zero-order valence-corrected chi connectivity index (χ0v) is 11.5. The van der Waals surface area contributed by atoms with Crippen molar-refractivity contribution in [3.8, 4) is 11.3 Å². The standard InChI is InChI=1S/C18H15NO2/c20-13-17-10-11-18(21-17)15-7-4-14(5-8-15)6-9-16-3-1-2-12-19-16/h1-5,7-8,10-13H,6,9H2. The summed E-state index contributed by atoms with van der Waals surface area (Å²) in [5.41, 5.74) is 3.33. The van der Waals surface area contributed by atoms with Crippen LogP contribution in [0.2, 0.25) is 0 Å². The minimum absolute atomic E-state index is 0.351. The number of carbonyl (C=O) groups excluding carboxylic acids is 1. The quantitative estimate of drug-likeness (QED) is 0.663. The molecule has 0 bridgehead atoms. The highest BCUT2D eigenvalue weighted by atomic mass is 16.3. The van der Waals surface area contributed by atoms with Crippen LogP contribution in [0.4, 0.5) is 0 Å². The van der Waals surface area contributed by atoms with Crippen LogP contribution >= 0.6 is 0 Å². The maximum atomic E-state index is 10.6. The molecule has 0 N–H and O–H groups in total. The predicted octanol–water partition coefficient (Wildman–Crippen LogP) is 3.94. The van der Waals surface area contributed by atoms with Crippen LogP contribution in [0, 0.1) is 0 Å². The first kappa shape index (κ1) is 13.3. The van der Waals surface area contributed by atoms with E-state index in [9.17, 15) is 4.79 Å². The zero-order valence-electron chi connectivity index (χ0n) is 11.5. The van der Waals surface area contributed by atoms with Crippen LogP contribution < -0.4 is 0 Å².